The highest BCUT2D eigenvalue weighted by atomic mass is 32.2. The molecule has 1 fully saturated rings. The maximum atomic E-state index is 12.6. The Morgan fingerprint density at radius 3 is 2.00 bits per heavy atom. The number of hydrogen-bond donors (Lipinski definition) is 3. The summed E-state index contributed by atoms with van der Waals surface area (Å²) in [5.41, 5.74) is 0.738. The van der Waals surface area contributed by atoms with Gasteiger partial charge in [0.1, 0.15) is 0 Å². The second kappa shape index (κ2) is 10.2. The van der Waals surface area contributed by atoms with Crippen molar-refractivity contribution in [2.75, 3.05) is 17.2 Å². The van der Waals surface area contributed by atoms with E-state index in [1.807, 2.05) is 13.8 Å². The molecule has 3 amide bonds. The van der Waals surface area contributed by atoms with Crippen molar-refractivity contribution >= 4 is 39.1 Å². The van der Waals surface area contributed by atoms with Gasteiger partial charge >= 0.3 is 0 Å². The molecule has 1 atom stereocenters. The number of anilines is 2. The normalized spacial score (nSPS) is 16.5. The van der Waals surface area contributed by atoms with Gasteiger partial charge in [0, 0.05) is 41.5 Å². The number of benzene rings is 2. The van der Waals surface area contributed by atoms with E-state index >= 15 is 0 Å². The number of nitrogens with zero attached hydrogens (tertiary/aromatic N) is 1. The van der Waals surface area contributed by atoms with Crippen LogP contribution in [0.1, 0.15) is 51.4 Å². The third-order valence-corrected chi connectivity index (χ3v) is 7.20. The standard InChI is InChI=1S/C25H32N4O5S/c1-16(2)29-15-18(14-22(29)30)24(32)27-19-8-6-17(7-9-19)23(31)26-20-10-12-21(13-11-20)35(33,34)28-25(3,4)5/h6-13,16,18,28H,14-15H2,1-5H3,(H,26,31)(H,27,32). The van der Waals surface area contributed by atoms with Crippen LogP contribution in [-0.2, 0) is 19.6 Å². The van der Waals surface area contributed by atoms with E-state index in [-0.39, 0.29) is 35.1 Å². The number of hydrogen-bond acceptors (Lipinski definition) is 5. The minimum Gasteiger partial charge on any atom is -0.339 e. The lowest BCUT2D eigenvalue weighted by molar-refractivity contribution is -0.129. The molecular weight excluding hydrogens is 468 g/mol. The van der Waals surface area contributed by atoms with Crippen LogP contribution in [0.5, 0.6) is 0 Å². The number of sulfonamides is 1. The molecule has 3 N–H and O–H groups in total. The van der Waals surface area contributed by atoms with Crippen LogP contribution < -0.4 is 15.4 Å². The predicted octanol–water partition coefficient (Wildman–Crippen LogP) is 3.21. The van der Waals surface area contributed by atoms with Crippen molar-refractivity contribution in [3.63, 3.8) is 0 Å². The summed E-state index contributed by atoms with van der Waals surface area (Å²) in [5.74, 6) is -1.03. The van der Waals surface area contributed by atoms with E-state index in [0.717, 1.165) is 0 Å². The maximum absolute atomic E-state index is 12.6. The summed E-state index contributed by atoms with van der Waals surface area (Å²) in [4.78, 5) is 39.0. The molecule has 0 radical (unpaired) electrons. The highest BCUT2D eigenvalue weighted by Crippen LogP contribution is 2.22. The Hall–Kier alpha value is -3.24. The van der Waals surface area contributed by atoms with Crippen LogP contribution in [0.2, 0.25) is 0 Å². The van der Waals surface area contributed by atoms with E-state index in [1.54, 1.807) is 49.9 Å². The zero-order valence-electron chi connectivity index (χ0n) is 20.6. The lowest BCUT2D eigenvalue weighted by Gasteiger charge is -2.20. The van der Waals surface area contributed by atoms with Gasteiger partial charge in [-0.3, -0.25) is 14.4 Å². The van der Waals surface area contributed by atoms with Crippen LogP contribution in [0.15, 0.2) is 53.4 Å². The zero-order valence-corrected chi connectivity index (χ0v) is 21.4. The van der Waals surface area contributed by atoms with Crippen molar-refractivity contribution in [3.05, 3.63) is 54.1 Å². The van der Waals surface area contributed by atoms with Crippen molar-refractivity contribution in [2.24, 2.45) is 5.92 Å². The first-order valence-electron chi connectivity index (χ1n) is 11.4. The first-order valence-corrected chi connectivity index (χ1v) is 12.9. The molecule has 1 heterocycles. The predicted molar refractivity (Wildman–Crippen MR) is 134 cm³/mol. The highest BCUT2D eigenvalue weighted by molar-refractivity contribution is 7.89. The van der Waals surface area contributed by atoms with Crippen LogP contribution in [0.25, 0.3) is 0 Å². The number of carbonyl (C=O) groups excluding carboxylic acids is 3. The van der Waals surface area contributed by atoms with Crippen LogP contribution in [0, 0.1) is 5.92 Å². The van der Waals surface area contributed by atoms with Gasteiger partial charge in [0.05, 0.1) is 10.8 Å². The van der Waals surface area contributed by atoms with Crippen molar-refractivity contribution in [2.45, 2.75) is 57.5 Å². The molecule has 1 aliphatic heterocycles. The number of carbonyl (C=O) groups is 3. The number of nitrogens with one attached hydrogen (secondary N) is 3. The topological polar surface area (TPSA) is 125 Å². The Morgan fingerprint density at radius 1 is 0.943 bits per heavy atom. The van der Waals surface area contributed by atoms with E-state index in [2.05, 4.69) is 15.4 Å². The Bertz CT molecular complexity index is 1200. The number of rotatable bonds is 7. The summed E-state index contributed by atoms with van der Waals surface area (Å²) in [6, 6.07) is 12.4. The van der Waals surface area contributed by atoms with Gasteiger partial charge in [0.2, 0.25) is 21.8 Å². The SMILES string of the molecule is CC(C)N1CC(C(=O)Nc2ccc(C(=O)Nc3ccc(S(=O)(=O)NC(C)(C)C)cc3)cc2)CC1=O. The first-order chi connectivity index (χ1) is 16.2. The van der Waals surface area contributed by atoms with Gasteiger partial charge in [0.15, 0.2) is 0 Å². The van der Waals surface area contributed by atoms with E-state index < -0.39 is 21.5 Å². The molecule has 0 spiro atoms. The summed E-state index contributed by atoms with van der Waals surface area (Å²) in [6.07, 6.45) is 0.191. The molecule has 0 saturated carbocycles. The molecule has 2 aromatic carbocycles. The second-order valence-corrected chi connectivity index (χ2v) is 11.6. The van der Waals surface area contributed by atoms with Crippen molar-refractivity contribution in [3.8, 4) is 0 Å². The third-order valence-electron chi connectivity index (χ3n) is 5.43. The van der Waals surface area contributed by atoms with Crippen molar-refractivity contribution in [1.29, 1.82) is 0 Å². The van der Waals surface area contributed by atoms with Gasteiger partial charge in [0.25, 0.3) is 5.91 Å². The Kier molecular flexibility index (Phi) is 7.66. The Balaban J connectivity index is 1.58. The van der Waals surface area contributed by atoms with Crippen molar-refractivity contribution in [1.82, 2.24) is 9.62 Å². The molecule has 35 heavy (non-hydrogen) atoms. The zero-order chi connectivity index (χ0) is 26.0. The summed E-state index contributed by atoms with van der Waals surface area (Å²) in [6.45, 7) is 9.50. The highest BCUT2D eigenvalue weighted by Gasteiger charge is 2.35. The molecule has 0 aromatic heterocycles. The lowest BCUT2D eigenvalue weighted by Crippen LogP contribution is -2.40. The molecule has 0 aliphatic carbocycles. The van der Waals surface area contributed by atoms with E-state index in [0.29, 0.717) is 23.5 Å². The minimum absolute atomic E-state index is 0.0248. The average molecular weight is 501 g/mol. The summed E-state index contributed by atoms with van der Waals surface area (Å²) in [7, 11) is -3.67. The second-order valence-electron chi connectivity index (χ2n) is 9.94. The molecule has 2 aromatic rings. The van der Waals surface area contributed by atoms with Gasteiger partial charge in [-0.15, -0.1) is 0 Å². The van der Waals surface area contributed by atoms with Crippen LogP contribution >= 0.6 is 0 Å². The Morgan fingerprint density at radius 2 is 1.49 bits per heavy atom. The van der Waals surface area contributed by atoms with Crippen LogP contribution in [-0.4, -0.2) is 49.2 Å². The van der Waals surface area contributed by atoms with Gasteiger partial charge in [-0.1, -0.05) is 0 Å². The fourth-order valence-electron chi connectivity index (χ4n) is 3.74. The first kappa shape index (κ1) is 26.4. The summed E-state index contributed by atoms with van der Waals surface area (Å²) >= 11 is 0. The molecule has 1 unspecified atom stereocenters. The molecule has 1 saturated heterocycles. The lowest BCUT2D eigenvalue weighted by atomic mass is 10.1. The van der Waals surface area contributed by atoms with Gasteiger partial charge in [-0.25, -0.2) is 13.1 Å². The molecular formula is C25H32N4O5S. The molecule has 9 nitrogen and oxygen atoms in total. The van der Waals surface area contributed by atoms with Gasteiger partial charge in [-0.2, -0.15) is 0 Å². The number of amides is 3. The summed E-state index contributed by atoms with van der Waals surface area (Å²) in [5, 5.41) is 5.53. The fourth-order valence-corrected chi connectivity index (χ4v) is 5.16. The van der Waals surface area contributed by atoms with Gasteiger partial charge in [-0.05, 0) is 83.1 Å². The van der Waals surface area contributed by atoms with E-state index in [9.17, 15) is 22.8 Å². The maximum Gasteiger partial charge on any atom is 0.255 e. The monoisotopic (exact) mass is 500 g/mol. The minimum atomic E-state index is -3.67. The third kappa shape index (κ3) is 6.89. The Labute approximate surface area is 206 Å². The largest absolute Gasteiger partial charge is 0.339 e. The molecule has 3 rings (SSSR count). The molecule has 0 bridgehead atoms. The molecule has 188 valence electrons. The van der Waals surface area contributed by atoms with Gasteiger partial charge < -0.3 is 15.5 Å². The van der Waals surface area contributed by atoms with E-state index in [4.69, 9.17) is 0 Å². The van der Waals surface area contributed by atoms with Crippen molar-refractivity contribution < 1.29 is 22.8 Å². The smallest absolute Gasteiger partial charge is 0.255 e. The quantitative estimate of drug-likeness (QED) is 0.538. The van der Waals surface area contributed by atoms with E-state index in [1.165, 1.54) is 24.3 Å². The molecule has 10 heteroatoms. The molecule has 1 aliphatic rings. The average Bonchev–Trinajstić information content (AvgIpc) is 3.15. The summed E-state index contributed by atoms with van der Waals surface area (Å²) < 4.78 is 27.4. The van der Waals surface area contributed by atoms with Crippen LogP contribution in [0.4, 0.5) is 11.4 Å². The fraction of sp³-hybridized carbons (Fsp3) is 0.400. The number of likely N-dealkylation sites (tertiary alicyclic amines) is 1. The van der Waals surface area contributed by atoms with Crippen LogP contribution in [0.3, 0.4) is 0 Å².